The molecule has 2 atom stereocenters. The van der Waals surface area contributed by atoms with Crippen LogP contribution in [0.25, 0.3) is 28.3 Å². The van der Waals surface area contributed by atoms with Crippen molar-refractivity contribution in [3.63, 3.8) is 0 Å². The fourth-order valence-corrected chi connectivity index (χ4v) is 7.89. The van der Waals surface area contributed by atoms with Crippen LogP contribution < -0.4 is 27.0 Å². The highest BCUT2D eigenvalue weighted by Gasteiger charge is 2.31. The van der Waals surface area contributed by atoms with Crippen molar-refractivity contribution in [1.82, 2.24) is 55.3 Å². The fraction of sp³-hybridized carbons (Fsp3) is 0.408. The first-order valence-electron chi connectivity index (χ1n) is 23.5. The van der Waals surface area contributed by atoms with Crippen LogP contribution in [0.15, 0.2) is 79.3 Å². The van der Waals surface area contributed by atoms with Gasteiger partial charge in [0.15, 0.2) is 5.65 Å². The Morgan fingerprint density at radius 2 is 1.69 bits per heavy atom. The molecule has 70 heavy (non-hydrogen) atoms. The van der Waals surface area contributed by atoms with Crippen LogP contribution in [0.2, 0.25) is 0 Å². The zero-order chi connectivity index (χ0) is 49.7. The molecule has 1 unspecified atom stereocenters. The second-order valence-electron chi connectivity index (χ2n) is 17.9. The molecule has 5 aromatic rings. The van der Waals surface area contributed by atoms with Gasteiger partial charge < -0.3 is 41.6 Å². The number of nitrogens with two attached hydrogens (primary N) is 1. The van der Waals surface area contributed by atoms with Crippen LogP contribution >= 0.6 is 0 Å². The van der Waals surface area contributed by atoms with Crippen LogP contribution in [0, 0.1) is 18.8 Å². The number of aryl methyl sites for hydroxylation is 1. The molecule has 1 aromatic carbocycles. The summed E-state index contributed by atoms with van der Waals surface area (Å²) in [6, 6.07) is 13.6. The van der Waals surface area contributed by atoms with Gasteiger partial charge in [0.2, 0.25) is 17.7 Å². The SMILES string of the molecule is Cc1cccc(-c2nc(CN(CC3CC3)C(=O)OCc3ccc(NC(=O)C(CCCNC(N)=O)NC(=O)[C@@H](NC(=O)CCCCCN4C(=O)C=CC4=O)C(C)C)cc3)[nH]c2-c2ccc3ncnn3c2)n1. The van der Waals surface area contributed by atoms with Gasteiger partial charge in [0.25, 0.3) is 11.8 Å². The van der Waals surface area contributed by atoms with Crippen molar-refractivity contribution in [2.75, 3.05) is 25.0 Å². The predicted octanol–water partition coefficient (Wildman–Crippen LogP) is 4.54. The van der Waals surface area contributed by atoms with Gasteiger partial charge in [-0.3, -0.25) is 33.9 Å². The van der Waals surface area contributed by atoms with E-state index in [9.17, 15) is 33.6 Å². The minimum atomic E-state index is -1.05. The number of imide groups is 1. The van der Waals surface area contributed by atoms with E-state index in [-0.39, 0.29) is 62.7 Å². The Morgan fingerprint density at radius 1 is 0.914 bits per heavy atom. The average Bonchev–Trinajstić information content (AvgIpc) is 3.69. The normalized spacial score (nSPS) is 14.1. The third-order valence-corrected chi connectivity index (χ3v) is 11.9. The first kappa shape index (κ1) is 49.9. The zero-order valence-electron chi connectivity index (χ0n) is 39.5. The molecule has 1 saturated carbocycles. The molecule has 4 aromatic heterocycles. The molecule has 5 heterocycles. The second kappa shape index (κ2) is 23.4. The van der Waals surface area contributed by atoms with Gasteiger partial charge in [0, 0.05) is 61.3 Å². The molecule has 0 spiro atoms. The van der Waals surface area contributed by atoms with Gasteiger partial charge in [-0.25, -0.2) is 24.1 Å². The van der Waals surface area contributed by atoms with Crippen LogP contribution in [0.3, 0.4) is 0 Å². The molecule has 0 bridgehead atoms. The maximum atomic E-state index is 13.7. The van der Waals surface area contributed by atoms with E-state index in [2.05, 4.69) is 36.3 Å². The highest BCUT2D eigenvalue weighted by atomic mass is 16.6. The molecular weight excluding hydrogens is 899 g/mol. The number of ether oxygens (including phenoxy) is 1. The number of nitrogens with zero attached hydrogens (tertiary/aromatic N) is 7. The number of hydrogen-bond acceptors (Lipinski definition) is 12. The number of amides is 8. The van der Waals surface area contributed by atoms with E-state index < -0.39 is 36.0 Å². The van der Waals surface area contributed by atoms with Crippen molar-refractivity contribution in [3.05, 3.63) is 96.4 Å². The number of unbranched alkanes of at least 4 members (excludes halogenated alkanes) is 2. The minimum absolute atomic E-state index is 0.0415. The number of H-pyrrole nitrogens is 1. The number of nitrogens with one attached hydrogen (secondary N) is 5. The van der Waals surface area contributed by atoms with E-state index in [0.717, 1.165) is 34.7 Å². The maximum Gasteiger partial charge on any atom is 0.410 e. The molecule has 8 amide bonds. The number of primary amides is 1. The number of anilines is 1. The number of carbonyl (C=O) groups excluding carboxylic acids is 7. The number of hydrogen-bond donors (Lipinski definition) is 6. The summed E-state index contributed by atoms with van der Waals surface area (Å²) < 4.78 is 7.52. The molecule has 368 valence electrons. The van der Waals surface area contributed by atoms with E-state index in [1.54, 1.807) is 47.5 Å². The number of imidazole rings is 1. The highest BCUT2D eigenvalue weighted by molar-refractivity contribution is 6.12. The molecule has 2 aliphatic rings. The lowest BCUT2D eigenvalue weighted by molar-refractivity contribution is -0.137. The Hall–Kier alpha value is -7.97. The molecule has 0 radical (unpaired) electrons. The van der Waals surface area contributed by atoms with E-state index in [1.807, 2.05) is 43.5 Å². The lowest BCUT2D eigenvalue weighted by Crippen LogP contribution is -2.54. The largest absolute Gasteiger partial charge is 0.445 e. The quantitative estimate of drug-likeness (QED) is 0.0368. The van der Waals surface area contributed by atoms with Crippen LogP contribution in [0.1, 0.15) is 82.3 Å². The Morgan fingerprint density at radius 3 is 2.40 bits per heavy atom. The van der Waals surface area contributed by atoms with Crippen LogP contribution in [-0.2, 0) is 41.9 Å². The summed E-state index contributed by atoms with van der Waals surface area (Å²) in [4.78, 5) is 109. The number of rotatable bonds is 24. The molecular formula is C49H59N13O8. The molecule has 21 heteroatoms. The van der Waals surface area contributed by atoms with Gasteiger partial charge in [0.1, 0.15) is 36.5 Å². The summed E-state index contributed by atoms with van der Waals surface area (Å²) in [6.45, 7) is 6.51. The monoisotopic (exact) mass is 957 g/mol. The van der Waals surface area contributed by atoms with Crippen molar-refractivity contribution < 1.29 is 38.3 Å². The number of benzene rings is 1. The van der Waals surface area contributed by atoms with Crippen molar-refractivity contribution in [3.8, 4) is 22.6 Å². The number of aromatic amines is 1. The Labute approximate surface area is 404 Å². The lowest BCUT2D eigenvalue weighted by Gasteiger charge is -2.25. The molecule has 0 saturated heterocycles. The smallest absolute Gasteiger partial charge is 0.410 e. The number of fused-ring (bicyclic) bond motifs is 1. The van der Waals surface area contributed by atoms with Crippen molar-refractivity contribution >= 4 is 53.0 Å². The summed E-state index contributed by atoms with van der Waals surface area (Å²) >= 11 is 0. The van der Waals surface area contributed by atoms with Gasteiger partial charge in [0.05, 0.1) is 17.9 Å². The Balaban J connectivity index is 0.943. The number of carbonyl (C=O) groups is 7. The first-order chi connectivity index (χ1) is 33.7. The summed E-state index contributed by atoms with van der Waals surface area (Å²) in [6.07, 6.45) is 9.49. The average molecular weight is 958 g/mol. The standard InChI is InChI=1S/C49H59N13O8/c1-30(2)43(59-40(63)12-5-4-6-24-61-41(64)21-22-42(61)65)47(67)56-37(11-8-23-51-48(50)68)46(66)55-35-18-15-33(16-19-35)28-70-49(69)60(25-32-13-14-32)27-38-57-44(34-17-20-39-52-29-53-62(39)26-34)45(58-38)36-10-7-9-31(3)54-36/h7,9-10,15-22,26,29-30,32,37,43H,4-6,8,11-14,23-25,27-28H2,1-3H3,(H,55,66)(H,56,67)(H,57,58)(H,59,63)(H3,50,51,68)/t37?,43-/m0/s1. The minimum Gasteiger partial charge on any atom is -0.445 e. The summed E-state index contributed by atoms with van der Waals surface area (Å²) in [5, 5.41) is 15.2. The third kappa shape index (κ3) is 13.8. The lowest BCUT2D eigenvalue weighted by atomic mass is 10.0. The molecule has 7 rings (SSSR count). The van der Waals surface area contributed by atoms with E-state index in [4.69, 9.17) is 20.4 Å². The van der Waals surface area contributed by atoms with Crippen LogP contribution in [-0.4, -0.2) is 113 Å². The predicted molar refractivity (Wildman–Crippen MR) is 257 cm³/mol. The Kier molecular flexibility index (Phi) is 16.7. The van der Waals surface area contributed by atoms with Crippen LogP contribution in [0.5, 0.6) is 0 Å². The Bertz CT molecular complexity index is 2710. The topological polar surface area (TPSA) is 281 Å². The zero-order valence-corrected chi connectivity index (χ0v) is 39.5. The fourth-order valence-electron chi connectivity index (χ4n) is 7.89. The molecule has 1 aliphatic heterocycles. The molecule has 21 nitrogen and oxygen atoms in total. The summed E-state index contributed by atoms with van der Waals surface area (Å²) in [5.41, 5.74) is 10.7. The van der Waals surface area contributed by atoms with Gasteiger partial charge >= 0.3 is 12.1 Å². The number of aromatic nitrogens is 6. The van der Waals surface area contributed by atoms with Crippen LogP contribution in [0.4, 0.5) is 15.3 Å². The van der Waals surface area contributed by atoms with Gasteiger partial charge in [-0.05, 0) is 99.2 Å². The summed E-state index contributed by atoms with van der Waals surface area (Å²) in [5.74, 6) is -1.56. The van der Waals surface area contributed by atoms with E-state index in [1.165, 1.54) is 18.5 Å². The van der Waals surface area contributed by atoms with Crippen molar-refractivity contribution in [2.24, 2.45) is 17.6 Å². The molecule has 7 N–H and O–H groups in total. The first-order valence-corrected chi connectivity index (χ1v) is 23.5. The second-order valence-corrected chi connectivity index (χ2v) is 17.9. The van der Waals surface area contributed by atoms with Crippen molar-refractivity contribution in [1.29, 1.82) is 0 Å². The van der Waals surface area contributed by atoms with Gasteiger partial charge in [-0.1, -0.05) is 38.5 Å². The molecule has 1 fully saturated rings. The third-order valence-electron chi connectivity index (χ3n) is 11.9. The van der Waals surface area contributed by atoms with Gasteiger partial charge in [-0.2, -0.15) is 5.10 Å². The van der Waals surface area contributed by atoms with E-state index >= 15 is 0 Å². The summed E-state index contributed by atoms with van der Waals surface area (Å²) in [7, 11) is 0. The molecule has 1 aliphatic carbocycles. The highest BCUT2D eigenvalue weighted by Crippen LogP contribution is 2.32. The maximum absolute atomic E-state index is 13.7. The van der Waals surface area contributed by atoms with E-state index in [0.29, 0.717) is 72.3 Å². The number of urea groups is 1. The van der Waals surface area contributed by atoms with Gasteiger partial charge in [-0.15, -0.1) is 0 Å². The number of pyridine rings is 2. The van der Waals surface area contributed by atoms with Crippen molar-refractivity contribution in [2.45, 2.75) is 97.4 Å².